The Kier molecular flexibility index (Phi) is 6.93. The third-order valence-corrected chi connectivity index (χ3v) is 3.58. The van der Waals surface area contributed by atoms with E-state index in [4.69, 9.17) is 14.6 Å². The first-order valence-electron chi connectivity index (χ1n) is 6.13. The highest BCUT2D eigenvalue weighted by Crippen LogP contribution is 2.22. The van der Waals surface area contributed by atoms with Crippen LogP contribution in [0.3, 0.4) is 0 Å². The lowest BCUT2D eigenvalue weighted by atomic mass is 10.2. The lowest BCUT2D eigenvalue weighted by molar-refractivity contribution is 0.0396. The van der Waals surface area contributed by atoms with Crippen LogP contribution in [0.5, 0.6) is 0 Å². The lowest BCUT2D eigenvalue weighted by Crippen LogP contribution is -2.05. The zero-order valence-electron chi connectivity index (χ0n) is 10.9. The average molecular weight is 272 g/mol. The van der Waals surface area contributed by atoms with Gasteiger partial charge in [-0.3, -0.25) is 0 Å². The second-order valence-electron chi connectivity index (χ2n) is 4.02. The van der Waals surface area contributed by atoms with Crippen molar-refractivity contribution in [3.8, 4) is 0 Å². The number of rotatable bonds is 9. The fraction of sp³-hybridized carbons (Fsp3) is 0.615. The van der Waals surface area contributed by atoms with Gasteiger partial charge in [-0.25, -0.2) is 4.79 Å². The van der Waals surface area contributed by atoms with E-state index < -0.39 is 5.97 Å². The Labute approximate surface area is 112 Å². The maximum absolute atomic E-state index is 10.8. The first-order chi connectivity index (χ1) is 8.65. The van der Waals surface area contributed by atoms with Crippen molar-refractivity contribution >= 4 is 17.3 Å². The number of ether oxygens (including phenoxy) is 2. The second-order valence-corrected chi connectivity index (χ2v) is 5.27. The van der Waals surface area contributed by atoms with Crippen LogP contribution in [0.1, 0.15) is 39.9 Å². The highest BCUT2D eigenvalue weighted by Gasteiger charge is 2.10. The van der Waals surface area contributed by atoms with Crippen LogP contribution in [0.4, 0.5) is 0 Å². The predicted molar refractivity (Wildman–Crippen MR) is 71.4 cm³/mol. The van der Waals surface area contributed by atoms with Crippen molar-refractivity contribution < 1.29 is 19.4 Å². The molecule has 0 fully saturated rings. The molecule has 18 heavy (non-hydrogen) atoms. The van der Waals surface area contributed by atoms with Crippen molar-refractivity contribution in [1.29, 1.82) is 0 Å². The van der Waals surface area contributed by atoms with Crippen molar-refractivity contribution in [1.82, 2.24) is 0 Å². The van der Waals surface area contributed by atoms with Crippen molar-refractivity contribution in [3.05, 3.63) is 21.4 Å². The van der Waals surface area contributed by atoms with Crippen LogP contribution in [-0.4, -0.2) is 30.9 Å². The summed E-state index contributed by atoms with van der Waals surface area (Å²) in [7, 11) is 0. The highest BCUT2D eigenvalue weighted by molar-refractivity contribution is 7.14. The van der Waals surface area contributed by atoms with E-state index in [-0.39, 0.29) is 0 Å². The molecular formula is C13H20O4S. The molecule has 0 bridgehead atoms. The Balaban J connectivity index is 2.21. The van der Waals surface area contributed by atoms with Crippen molar-refractivity contribution in [2.75, 3.05) is 19.8 Å². The monoisotopic (exact) mass is 272 g/mol. The van der Waals surface area contributed by atoms with Gasteiger partial charge in [-0.1, -0.05) is 13.3 Å². The maximum Gasteiger partial charge on any atom is 0.345 e. The molecule has 1 aromatic rings. The molecular weight excluding hydrogens is 252 g/mol. The van der Waals surface area contributed by atoms with Crippen molar-refractivity contribution in [3.63, 3.8) is 0 Å². The standard InChI is InChI=1S/C13H20O4S/c1-3-4-5-16-6-7-17-9-11-8-12(13(14)15)18-10(11)2/h8H,3-7,9H2,1-2H3,(H,14,15). The topological polar surface area (TPSA) is 55.8 Å². The van der Waals surface area contributed by atoms with Crippen LogP contribution >= 0.6 is 11.3 Å². The van der Waals surface area contributed by atoms with E-state index in [9.17, 15) is 4.79 Å². The normalized spacial score (nSPS) is 10.8. The Morgan fingerprint density at radius 2 is 2.06 bits per heavy atom. The molecule has 0 atom stereocenters. The van der Waals surface area contributed by atoms with Gasteiger partial charge in [0, 0.05) is 11.5 Å². The van der Waals surface area contributed by atoms with Gasteiger partial charge in [-0.15, -0.1) is 11.3 Å². The lowest BCUT2D eigenvalue weighted by Gasteiger charge is -2.05. The number of thiophene rings is 1. The minimum Gasteiger partial charge on any atom is -0.477 e. The smallest absolute Gasteiger partial charge is 0.345 e. The van der Waals surface area contributed by atoms with Gasteiger partial charge in [0.25, 0.3) is 0 Å². The van der Waals surface area contributed by atoms with Crippen LogP contribution in [-0.2, 0) is 16.1 Å². The number of carbonyl (C=O) groups is 1. The summed E-state index contributed by atoms with van der Waals surface area (Å²) >= 11 is 1.29. The van der Waals surface area contributed by atoms with E-state index in [1.807, 2.05) is 6.92 Å². The molecule has 1 N–H and O–H groups in total. The molecule has 0 saturated carbocycles. The molecule has 0 saturated heterocycles. The fourth-order valence-corrected chi connectivity index (χ4v) is 2.28. The Morgan fingerprint density at radius 1 is 1.33 bits per heavy atom. The van der Waals surface area contributed by atoms with E-state index in [1.165, 1.54) is 11.3 Å². The van der Waals surface area contributed by atoms with Gasteiger partial charge in [-0.05, 0) is 25.0 Å². The average Bonchev–Trinajstić information content (AvgIpc) is 2.70. The number of hydrogen-bond donors (Lipinski definition) is 1. The summed E-state index contributed by atoms with van der Waals surface area (Å²) in [4.78, 5) is 12.2. The molecule has 5 heteroatoms. The molecule has 0 aliphatic heterocycles. The fourth-order valence-electron chi connectivity index (χ4n) is 1.42. The molecule has 1 rings (SSSR count). The molecule has 4 nitrogen and oxygen atoms in total. The van der Waals surface area contributed by atoms with Gasteiger partial charge in [0.1, 0.15) is 4.88 Å². The molecule has 0 spiro atoms. The van der Waals surface area contributed by atoms with E-state index >= 15 is 0 Å². The minimum absolute atomic E-state index is 0.366. The third-order valence-electron chi connectivity index (χ3n) is 2.50. The van der Waals surface area contributed by atoms with Gasteiger partial charge < -0.3 is 14.6 Å². The number of unbranched alkanes of at least 4 members (excludes halogenated alkanes) is 1. The van der Waals surface area contributed by atoms with E-state index in [0.29, 0.717) is 24.7 Å². The second kappa shape index (κ2) is 8.24. The zero-order chi connectivity index (χ0) is 13.4. The quantitative estimate of drug-likeness (QED) is 0.702. The molecule has 102 valence electrons. The zero-order valence-corrected chi connectivity index (χ0v) is 11.7. The molecule has 1 heterocycles. The van der Waals surface area contributed by atoms with Crippen LogP contribution < -0.4 is 0 Å². The summed E-state index contributed by atoms with van der Waals surface area (Å²) in [5.74, 6) is -0.878. The Hall–Kier alpha value is -0.910. The molecule has 1 aromatic heterocycles. The summed E-state index contributed by atoms with van der Waals surface area (Å²) in [6, 6.07) is 1.68. The first-order valence-corrected chi connectivity index (χ1v) is 6.95. The van der Waals surface area contributed by atoms with Crippen LogP contribution in [0.25, 0.3) is 0 Å². The number of carboxylic acids is 1. The number of aromatic carboxylic acids is 1. The van der Waals surface area contributed by atoms with Crippen LogP contribution in [0, 0.1) is 6.92 Å². The minimum atomic E-state index is -0.878. The summed E-state index contributed by atoms with van der Waals surface area (Å²) < 4.78 is 10.8. The third kappa shape index (κ3) is 5.16. The molecule has 0 aromatic carbocycles. The SMILES string of the molecule is CCCCOCCOCc1cc(C(=O)O)sc1C. The van der Waals surface area contributed by atoms with Crippen LogP contribution in [0.2, 0.25) is 0 Å². The molecule has 0 amide bonds. The largest absolute Gasteiger partial charge is 0.477 e. The summed E-state index contributed by atoms with van der Waals surface area (Å²) in [5.41, 5.74) is 0.950. The Morgan fingerprint density at radius 3 is 2.67 bits per heavy atom. The van der Waals surface area contributed by atoms with E-state index in [0.717, 1.165) is 29.9 Å². The summed E-state index contributed by atoms with van der Waals surface area (Å²) in [6.45, 7) is 6.40. The van der Waals surface area contributed by atoms with Gasteiger partial charge in [0.2, 0.25) is 0 Å². The predicted octanol–water partition coefficient (Wildman–Crippen LogP) is 3.09. The van der Waals surface area contributed by atoms with Gasteiger partial charge in [0.05, 0.1) is 19.8 Å². The number of hydrogen-bond acceptors (Lipinski definition) is 4. The Bertz CT molecular complexity index is 373. The van der Waals surface area contributed by atoms with Crippen molar-refractivity contribution in [2.45, 2.75) is 33.3 Å². The first kappa shape index (κ1) is 15.1. The maximum atomic E-state index is 10.8. The van der Waals surface area contributed by atoms with Crippen LogP contribution in [0.15, 0.2) is 6.07 Å². The van der Waals surface area contributed by atoms with E-state index in [2.05, 4.69) is 6.92 Å². The number of aryl methyl sites for hydroxylation is 1. The number of carboxylic acid groups (broad SMARTS) is 1. The molecule has 0 unspecified atom stereocenters. The highest BCUT2D eigenvalue weighted by atomic mass is 32.1. The van der Waals surface area contributed by atoms with E-state index in [1.54, 1.807) is 6.07 Å². The van der Waals surface area contributed by atoms with Crippen molar-refractivity contribution in [2.24, 2.45) is 0 Å². The molecule has 0 aliphatic carbocycles. The molecule has 0 radical (unpaired) electrons. The van der Waals surface area contributed by atoms with Gasteiger partial charge in [0.15, 0.2) is 0 Å². The van der Waals surface area contributed by atoms with Gasteiger partial charge in [-0.2, -0.15) is 0 Å². The van der Waals surface area contributed by atoms with Gasteiger partial charge >= 0.3 is 5.97 Å². The molecule has 0 aliphatic rings. The summed E-state index contributed by atoms with van der Waals surface area (Å²) in [6.07, 6.45) is 2.21. The summed E-state index contributed by atoms with van der Waals surface area (Å²) in [5, 5.41) is 8.86.